The van der Waals surface area contributed by atoms with Crippen LogP contribution in [-0.2, 0) is 0 Å². The van der Waals surface area contributed by atoms with Crippen LogP contribution in [0.2, 0.25) is 0 Å². The normalized spacial score (nSPS) is 12.5. The molecule has 0 aliphatic heterocycles. The fourth-order valence-electron chi connectivity index (χ4n) is 2.51. The lowest BCUT2D eigenvalue weighted by Crippen LogP contribution is -2.06. The minimum Gasteiger partial charge on any atom is -0.494 e. The van der Waals surface area contributed by atoms with Crippen molar-refractivity contribution in [1.82, 2.24) is 0 Å². The molecule has 0 heterocycles. The molecule has 2 heteroatoms. The van der Waals surface area contributed by atoms with Gasteiger partial charge in [0.05, 0.1) is 6.61 Å². The number of hydrogen-bond donors (Lipinski definition) is 1. The third-order valence-electron chi connectivity index (χ3n) is 3.77. The zero-order valence-corrected chi connectivity index (χ0v) is 12.3. The van der Waals surface area contributed by atoms with E-state index in [0.29, 0.717) is 5.92 Å². The summed E-state index contributed by atoms with van der Waals surface area (Å²) < 4.78 is 5.65. The van der Waals surface area contributed by atoms with Crippen molar-refractivity contribution in [3.05, 3.63) is 28.8 Å². The third kappa shape index (κ3) is 3.49. The van der Waals surface area contributed by atoms with E-state index in [-0.39, 0.29) is 0 Å². The Morgan fingerprint density at radius 2 is 1.89 bits per heavy atom. The molecule has 0 amide bonds. The fourth-order valence-corrected chi connectivity index (χ4v) is 2.51. The van der Waals surface area contributed by atoms with Gasteiger partial charge >= 0.3 is 0 Å². The molecule has 0 aliphatic rings. The van der Waals surface area contributed by atoms with Crippen LogP contribution in [0, 0.1) is 13.8 Å². The van der Waals surface area contributed by atoms with Crippen LogP contribution in [0.15, 0.2) is 12.1 Å². The van der Waals surface area contributed by atoms with Crippen molar-refractivity contribution >= 4 is 0 Å². The minimum atomic E-state index is 0.628. The summed E-state index contributed by atoms with van der Waals surface area (Å²) in [6, 6.07) is 4.35. The number of benzene rings is 1. The standard InChI is InChI=1S/C16H27NO/c1-5-14(8-7-11-17)15-9-10-16(18-6-2)13(4)12(15)3/h9-10,14H,5-8,11,17H2,1-4H3. The van der Waals surface area contributed by atoms with E-state index in [1.165, 1.54) is 29.5 Å². The molecule has 1 unspecified atom stereocenters. The van der Waals surface area contributed by atoms with Crippen molar-refractivity contribution in [2.45, 2.75) is 52.9 Å². The molecular formula is C16H27NO. The van der Waals surface area contributed by atoms with E-state index < -0.39 is 0 Å². The number of rotatable bonds is 7. The summed E-state index contributed by atoms with van der Waals surface area (Å²) in [4.78, 5) is 0. The molecule has 18 heavy (non-hydrogen) atoms. The van der Waals surface area contributed by atoms with E-state index in [0.717, 1.165) is 25.3 Å². The molecule has 0 aromatic heterocycles. The van der Waals surface area contributed by atoms with Gasteiger partial charge < -0.3 is 10.5 Å². The first-order valence-corrected chi connectivity index (χ1v) is 7.08. The monoisotopic (exact) mass is 249 g/mol. The second-order valence-corrected chi connectivity index (χ2v) is 4.87. The van der Waals surface area contributed by atoms with Gasteiger partial charge in [-0.2, -0.15) is 0 Å². The van der Waals surface area contributed by atoms with Gasteiger partial charge in [-0.05, 0) is 75.3 Å². The van der Waals surface area contributed by atoms with Crippen LogP contribution in [-0.4, -0.2) is 13.2 Å². The summed E-state index contributed by atoms with van der Waals surface area (Å²) in [6.07, 6.45) is 3.46. The molecule has 1 aromatic carbocycles. The van der Waals surface area contributed by atoms with Crippen molar-refractivity contribution in [3.8, 4) is 5.75 Å². The molecule has 2 N–H and O–H groups in total. The van der Waals surface area contributed by atoms with Crippen molar-refractivity contribution in [1.29, 1.82) is 0 Å². The molecule has 102 valence electrons. The lowest BCUT2D eigenvalue weighted by molar-refractivity contribution is 0.337. The Kier molecular flexibility index (Phi) is 6.20. The van der Waals surface area contributed by atoms with Gasteiger partial charge in [-0.15, -0.1) is 0 Å². The largest absolute Gasteiger partial charge is 0.494 e. The Bertz CT molecular complexity index is 374. The Hall–Kier alpha value is -1.02. The minimum absolute atomic E-state index is 0.628. The molecule has 0 fully saturated rings. The zero-order valence-electron chi connectivity index (χ0n) is 12.3. The number of hydrogen-bond acceptors (Lipinski definition) is 2. The summed E-state index contributed by atoms with van der Waals surface area (Å²) in [6.45, 7) is 10.2. The van der Waals surface area contributed by atoms with E-state index in [1.54, 1.807) is 0 Å². The van der Waals surface area contributed by atoms with Crippen LogP contribution in [0.25, 0.3) is 0 Å². The second-order valence-electron chi connectivity index (χ2n) is 4.87. The van der Waals surface area contributed by atoms with Crippen LogP contribution in [0.1, 0.15) is 55.7 Å². The lowest BCUT2D eigenvalue weighted by atomic mass is 9.87. The summed E-state index contributed by atoms with van der Waals surface area (Å²) in [5.74, 6) is 1.65. The van der Waals surface area contributed by atoms with Gasteiger partial charge in [-0.25, -0.2) is 0 Å². The summed E-state index contributed by atoms with van der Waals surface area (Å²) >= 11 is 0. The van der Waals surface area contributed by atoms with Crippen molar-refractivity contribution in [2.24, 2.45) is 5.73 Å². The fraction of sp³-hybridized carbons (Fsp3) is 0.625. The van der Waals surface area contributed by atoms with Gasteiger partial charge in [0, 0.05) is 0 Å². The van der Waals surface area contributed by atoms with E-state index >= 15 is 0 Å². The van der Waals surface area contributed by atoms with Crippen LogP contribution >= 0.6 is 0 Å². The topological polar surface area (TPSA) is 35.2 Å². The van der Waals surface area contributed by atoms with Crippen LogP contribution < -0.4 is 10.5 Å². The smallest absolute Gasteiger partial charge is 0.122 e. The van der Waals surface area contributed by atoms with E-state index in [4.69, 9.17) is 10.5 Å². The highest BCUT2D eigenvalue weighted by Gasteiger charge is 2.14. The van der Waals surface area contributed by atoms with Crippen molar-refractivity contribution in [2.75, 3.05) is 13.2 Å². The molecule has 1 rings (SSSR count). The maximum atomic E-state index is 5.65. The van der Waals surface area contributed by atoms with Crippen LogP contribution in [0.3, 0.4) is 0 Å². The Balaban J connectivity index is 2.98. The molecule has 1 atom stereocenters. The van der Waals surface area contributed by atoms with Gasteiger partial charge in [0.1, 0.15) is 5.75 Å². The first-order chi connectivity index (χ1) is 8.65. The summed E-state index contributed by atoms with van der Waals surface area (Å²) in [7, 11) is 0. The SMILES string of the molecule is CCOc1ccc(C(CC)CCCN)c(C)c1C. The number of nitrogens with two attached hydrogens (primary N) is 1. The van der Waals surface area contributed by atoms with E-state index in [9.17, 15) is 0 Å². The average Bonchev–Trinajstić information content (AvgIpc) is 2.38. The highest BCUT2D eigenvalue weighted by molar-refractivity contribution is 5.45. The average molecular weight is 249 g/mol. The Morgan fingerprint density at radius 3 is 2.44 bits per heavy atom. The third-order valence-corrected chi connectivity index (χ3v) is 3.77. The highest BCUT2D eigenvalue weighted by atomic mass is 16.5. The zero-order chi connectivity index (χ0) is 13.5. The molecule has 0 radical (unpaired) electrons. The quantitative estimate of drug-likeness (QED) is 0.794. The van der Waals surface area contributed by atoms with Crippen molar-refractivity contribution in [3.63, 3.8) is 0 Å². The van der Waals surface area contributed by atoms with Crippen LogP contribution in [0.5, 0.6) is 5.75 Å². The highest BCUT2D eigenvalue weighted by Crippen LogP contribution is 2.32. The molecule has 0 aliphatic carbocycles. The Morgan fingerprint density at radius 1 is 1.17 bits per heavy atom. The molecule has 2 nitrogen and oxygen atoms in total. The predicted octanol–water partition coefficient (Wildman–Crippen LogP) is 3.93. The molecule has 1 aromatic rings. The van der Waals surface area contributed by atoms with Gasteiger partial charge in [-0.3, -0.25) is 0 Å². The molecule has 0 bridgehead atoms. The van der Waals surface area contributed by atoms with E-state index in [1.807, 2.05) is 6.92 Å². The van der Waals surface area contributed by atoms with Crippen LogP contribution in [0.4, 0.5) is 0 Å². The molecule has 0 saturated carbocycles. The first kappa shape index (κ1) is 15.0. The lowest BCUT2D eigenvalue weighted by Gasteiger charge is -2.20. The second kappa shape index (κ2) is 7.42. The van der Waals surface area contributed by atoms with Crippen molar-refractivity contribution < 1.29 is 4.74 Å². The van der Waals surface area contributed by atoms with Gasteiger partial charge in [0.2, 0.25) is 0 Å². The number of ether oxygens (including phenoxy) is 1. The summed E-state index contributed by atoms with van der Waals surface area (Å²) in [5, 5.41) is 0. The van der Waals surface area contributed by atoms with E-state index in [2.05, 4.69) is 32.9 Å². The Labute approximate surface area is 112 Å². The van der Waals surface area contributed by atoms with Gasteiger partial charge in [-0.1, -0.05) is 13.0 Å². The molecule has 0 spiro atoms. The maximum Gasteiger partial charge on any atom is 0.122 e. The summed E-state index contributed by atoms with van der Waals surface area (Å²) in [5.41, 5.74) is 9.74. The first-order valence-electron chi connectivity index (χ1n) is 7.08. The van der Waals surface area contributed by atoms with Gasteiger partial charge in [0.15, 0.2) is 0 Å². The molecule has 0 saturated heterocycles. The van der Waals surface area contributed by atoms with Gasteiger partial charge in [0.25, 0.3) is 0 Å². The maximum absolute atomic E-state index is 5.65. The molecular weight excluding hydrogens is 222 g/mol. The predicted molar refractivity (Wildman–Crippen MR) is 78.4 cm³/mol.